The number of aryl methyl sites for hydroxylation is 1. The Morgan fingerprint density at radius 1 is 1.08 bits per heavy atom. The molecule has 0 amide bonds. The number of fused-ring (bicyclic) bond motifs is 1. The van der Waals surface area contributed by atoms with Gasteiger partial charge in [-0.15, -0.1) is 0 Å². The maximum atomic E-state index is 13.2. The molecule has 25 heavy (non-hydrogen) atoms. The van der Waals surface area contributed by atoms with Crippen LogP contribution in [0.2, 0.25) is 0 Å². The predicted octanol–water partition coefficient (Wildman–Crippen LogP) is 3.30. The minimum absolute atomic E-state index is 0.0680. The number of benzene rings is 2. The average Bonchev–Trinajstić information content (AvgIpc) is 3.16. The van der Waals surface area contributed by atoms with E-state index in [4.69, 9.17) is 0 Å². The van der Waals surface area contributed by atoms with Crippen molar-refractivity contribution in [2.75, 3.05) is 13.1 Å². The summed E-state index contributed by atoms with van der Waals surface area (Å²) in [5.41, 5.74) is 3.02. The van der Waals surface area contributed by atoms with E-state index in [0.717, 1.165) is 36.1 Å². The lowest BCUT2D eigenvalue weighted by molar-refractivity contribution is 0.198. The molecule has 2 aromatic rings. The molecule has 2 unspecified atom stereocenters. The highest BCUT2D eigenvalue weighted by Crippen LogP contribution is 2.40. The summed E-state index contributed by atoms with van der Waals surface area (Å²) in [4.78, 5) is 2.36. The second-order valence-electron chi connectivity index (χ2n) is 7.13. The Bertz CT molecular complexity index is 851. The van der Waals surface area contributed by atoms with Crippen LogP contribution in [0.15, 0.2) is 54.6 Å². The third-order valence-corrected chi connectivity index (χ3v) is 7.05. The molecule has 0 aliphatic carbocycles. The Morgan fingerprint density at radius 3 is 2.64 bits per heavy atom. The maximum Gasteiger partial charge on any atom is 0.219 e. The predicted molar refractivity (Wildman–Crippen MR) is 99.4 cm³/mol. The van der Waals surface area contributed by atoms with Gasteiger partial charge in [-0.05, 0) is 30.9 Å². The van der Waals surface area contributed by atoms with Crippen LogP contribution in [-0.2, 0) is 15.8 Å². The number of rotatable bonds is 4. The van der Waals surface area contributed by atoms with Crippen LogP contribution in [0.25, 0.3) is 0 Å². The van der Waals surface area contributed by atoms with Gasteiger partial charge in [0.2, 0.25) is 10.0 Å². The molecular weight excluding hydrogens is 332 g/mol. The maximum absolute atomic E-state index is 13.2. The van der Waals surface area contributed by atoms with E-state index in [2.05, 4.69) is 4.90 Å². The molecule has 0 bridgehead atoms. The quantitative estimate of drug-likeness (QED) is 0.844. The van der Waals surface area contributed by atoms with Gasteiger partial charge in [0.25, 0.3) is 0 Å². The van der Waals surface area contributed by atoms with Crippen molar-refractivity contribution >= 4 is 10.0 Å². The third-order valence-electron chi connectivity index (χ3n) is 5.29. The fourth-order valence-corrected chi connectivity index (χ4v) is 5.91. The fourth-order valence-electron chi connectivity index (χ4n) is 4.19. The van der Waals surface area contributed by atoms with Crippen molar-refractivity contribution in [1.29, 1.82) is 0 Å². The second kappa shape index (κ2) is 6.56. The van der Waals surface area contributed by atoms with E-state index in [0.29, 0.717) is 12.6 Å². The van der Waals surface area contributed by atoms with Crippen LogP contribution in [-0.4, -0.2) is 36.8 Å². The summed E-state index contributed by atoms with van der Waals surface area (Å²) >= 11 is 0. The lowest BCUT2D eigenvalue weighted by Gasteiger charge is -2.29. The summed E-state index contributed by atoms with van der Waals surface area (Å²) in [5, 5.41) is 0. The molecule has 4 nitrogen and oxygen atoms in total. The van der Waals surface area contributed by atoms with Crippen molar-refractivity contribution in [3.8, 4) is 0 Å². The lowest BCUT2D eigenvalue weighted by Crippen LogP contribution is -2.36. The first-order valence-electron chi connectivity index (χ1n) is 8.90. The standard InChI is InChI=1S/C20H24N2O2S/c1-16-7-5-8-17(13-16)15-25(23,24)22-14-19-11-6-12-21(19)20(22)18-9-3-2-4-10-18/h2-5,7-10,13,19-20H,6,11-12,14-15H2,1H3. The van der Waals surface area contributed by atoms with Gasteiger partial charge in [-0.3, -0.25) is 4.90 Å². The van der Waals surface area contributed by atoms with E-state index in [1.807, 2.05) is 61.5 Å². The first-order valence-corrected chi connectivity index (χ1v) is 10.5. The monoisotopic (exact) mass is 356 g/mol. The Kier molecular flexibility index (Phi) is 4.40. The van der Waals surface area contributed by atoms with Crippen molar-refractivity contribution in [3.05, 3.63) is 71.3 Å². The second-order valence-corrected chi connectivity index (χ2v) is 9.05. The molecule has 2 aromatic carbocycles. The normalized spacial score (nSPS) is 24.5. The van der Waals surface area contributed by atoms with Crippen molar-refractivity contribution in [3.63, 3.8) is 0 Å². The van der Waals surface area contributed by atoms with Crippen LogP contribution in [0.1, 0.15) is 35.7 Å². The van der Waals surface area contributed by atoms with Gasteiger partial charge in [-0.2, -0.15) is 4.31 Å². The zero-order chi connectivity index (χ0) is 17.4. The summed E-state index contributed by atoms with van der Waals surface area (Å²) in [6.07, 6.45) is 2.07. The van der Waals surface area contributed by atoms with Gasteiger partial charge in [0.1, 0.15) is 6.17 Å². The van der Waals surface area contributed by atoms with Gasteiger partial charge in [0.15, 0.2) is 0 Å². The SMILES string of the molecule is Cc1cccc(CS(=O)(=O)N2CC3CCCN3C2c2ccccc2)c1. The summed E-state index contributed by atoms with van der Waals surface area (Å²) in [7, 11) is -3.38. The number of hydrogen-bond acceptors (Lipinski definition) is 3. The molecular formula is C20H24N2O2S. The number of sulfonamides is 1. The largest absolute Gasteiger partial charge is 0.279 e. The topological polar surface area (TPSA) is 40.6 Å². The molecule has 2 saturated heterocycles. The van der Waals surface area contributed by atoms with Crippen LogP contribution in [0, 0.1) is 6.92 Å². The van der Waals surface area contributed by atoms with E-state index in [1.165, 1.54) is 0 Å². The molecule has 0 N–H and O–H groups in total. The van der Waals surface area contributed by atoms with Crippen molar-refractivity contribution < 1.29 is 8.42 Å². The van der Waals surface area contributed by atoms with E-state index in [-0.39, 0.29) is 11.9 Å². The molecule has 0 saturated carbocycles. The summed E-state index contributed by atoms with van der Waals surface area (Å²) in [6, 6.07) is 18.2. The highest BCUT2D eigenvalue weighted by Gasteiger charge is 2.47. The zero-order valence-electron chi connectivity index (χ0n) is 14.5. The van der Waals surface area contributed by atoms with Gasteiger partial charge in [0.05, 0.1) is 5.75 Å². The van der Waals surface area contributed by atoms with E-state index in [9.17, 15) is 8.42 Å². The Labute approximate surface area is 150 Å². The van der Waals surface area contributed by atoms with Gasteiger partial charge in [-0.25, -0.2) is 8.42 Å². The summed E-state index contributed by atoms with van der Waals surface area (Å²) in [5.74, 6) is 0.0680. The Balaban J connectivity index is 1.67. The van der Waals surface area contributed by atoms with Gasteiger partial charge in [-0.1, -0.05) is 60.2 Å². The highest BCUT2D eigenvalue weighted by atomic mass is 32.2. The molecule has 4 rings (SSSR count). The van der Waals surface area contributed by atoms with E-state index < -0.39 is 10.0 Å². The minimum atomic E-state index is -3.38. The molecule has 0 radical (unpaired) electrons. The van der Waals surface area contributed by atoms with Crippen molar-refractivity contribution in [2.24, 2.45) is 0 Å². The smallest absolute Gasteiger partial charge is 0.219 e. The zero-order valence-corrected chi connectivity index (χ0v) is 15.3. The minimum Gasteiger partial charge on any atom is -0.279 e. The molecule has 2 aliphatic rings. The fraction of sp³-hybridized carbons (Fsp3) is 0.400. The van der Waals surface area contributed by atoms with E-state index in [1.54, 1.807) is 4.31 Å². The number of hydrogen-bond donors (Lipinski definition) is 0. The van der Waals surface area contributed by atoms with Gasteiger partial charge < -0.3 is 0 Å². The molecule has 2 atom stereocenters. The van der Waals surface area contributed by atoms with Crippen LogP contribution in [0.3, 0.4) is 0 Å². The van der Waals surface area contributed by atoms with Crippen LogP contribution >= 0.6 is 0 Å². The molecule has 0 aromatic heterocycles. The summed E-state index contributed by atoms with van der Waals surface area (Å²) < 4.78 is 28.2. The van der Waals surface area contributed by atoms with E-state index >= 15 is 0 Å². The average molecular weight is 356 g/mol. The Hall–Kier alpha value is -1.69. The first-order chi connectivity index (χ1) is 12.0. The third kappa shape index (κ3) is 3.24. The Morgan fingerprint density at radius 2 is 1.88 bits per heavy atom. The molecule has 2 heterocycles. The summed E-state index contributed by atoms with van der Waals surface area (Å²) in [6.45, 7) is 3.57. The number of nitrogens with zero attached hydrogens (tertiary/aromatic N) is 2. The van der Waals surface area contributed by atoms with Crippen LogP contribution < -0.4 is 0 Å². The van der Waals surface area contributed by atoms with Gasteiger partial charge in [0, 0.05) is 19.1 Å². The highest BCUT2D eigenvalue weighted by molar-refractivity contribution is 7.88. The van der Waals surface area contributed by atoms with Crippen molar-refractivity contribution in [2.45, 2.75) is 37.7 Å². The van der Waals surface area contributed by atoms with Crippen molar-refractivity contribution in [1.82, 2.24) is 9.21 Å². The molecule has 0 spiro atoms. The molecule has 5 heteroatoms. The molecule has 132 valence electrons. The lowest BCUT2D eigenvalue weighted by atomic mass is 10.1. The van der Waals surface area contributed by atoms with Crippen LogP contribution in [0.4, 0.5) is 0 Å². The molecule has 2 aliphatic heterocycles. The first kappa shape index (κ1) is 16.8. The van der Waals surface area contributed by atoms with Gasteiger partial charge >= 0.3 is 0 Å². The molecule has 2 fully saturated rings. The van der Waals surface area contributed by atoms with Crippen LogP contribution in [0.5, 0.6) is 0 Å².